The number of benzene rings is 3. The van der Waals surface area contributed by atoms with E-state index in [0.29, 0.717) is 11.3 Å². The zero-order chi connectivity index (χ0) is 20.2. The number of para-hydroxylation sites is 3. The number of fused-ring (bicyclic) bond motifs is 1. The number of carbonyl (C=O) groups is 2. The molecular formula is C24H23N3O2. The minimum Gasteiger partial charge on any atom is -0.375 e. The summed E-state index contributed by atoms with van der Waals surface area (Å²) in [6.07, 6.45) is 0.859. The van der Waals surface area contributed by atoms with Crippen LogP contribution in [0.1, 0.15) is 22.8 Å². The molecule has 5 nitrogen and oxygen atoms in total. The van der Waals surface area contributed by atoms with Crippen molar-refractivity contribution in [2.24, 2.45) is 0 Å². The van der Waals surface area contributed by atoms with Crippen LogP contribution in [0.15, 0.2) is 78.9 Å². The van der Waals surface area contributed by atoms with Crippen molar-refractivity contribution in [1.29, 1.82) is 0 Å². The van der Waals surface area contributed by atoms with E-state index in [2.05, 4.69) is 23.6 Å². The van der Waals surface area contributed by atoms with Crippen molar-refractivity contribution >= 4 is 28.9 Å². The molecule has 1 heterocycles. The highest BCUT2D eigenvalue weighted by Gasteiger charge is 2.30. The summed E-state index contributed by atoms with van der Waals surface area (Å²) in [6.45, 7) is 2.17. The second kappa shape index (κ2) is 8.19. The normalized spacial score (nSPS) is 14.9. The minimum atomic E-state index is -0.216. The van der Waals surface area contributed by atoms with E-state index in [1.807, 2.05) is 71.6 Å². The Morgan fingerprint density at radius 1 is 0.931 bits per heavy atom. The van der Waals surface area contributed by atoms with Gasteiger partial charge in [-0.25, -0.2) is 0 Å². The third-order valence-corrected chi connectivity index (χ3v) is 5.11. The van der Waals surface area contributed by atoms with Gasteiger partial charge in [-0.2, -0.15) is 0 Å². The third kappa shape index (κ3) is 3.99. The van der Waals surface area contributed by atoms with Crippen LogP contribution in [-0.4, -0.2) is 24.4 Å². The molecule has 0 fully saturated rings. The molecule has 0 radical (unpaired) electrons. The molecule has 3 aromatic rings. The number of hydrogen-bond acceptors (Lipinski definition) is 3. The van der Waals surface area contributed by atoms with Gasteiger partial charge < -0.3 is 15.5 Å². The number of anilines is 3. The molecule has 0 unspecified atom stereocenters. The fourth-order valence-corrected chi connectivity index (χ4v) is 3.76. The summed E-state index contributed by atoms with van der Waals surface area (Å²) in [7, 11) is 0. The molecule has 1 atom stereocenters. The maximum atomic E-state index is 12.9. The standard InChI is InChI=1S/C24H23N3O2/c1-17-15-18-9-5-8-14-22(18)27(17)23(28)16-25-21-13-7-6-12-20(21)24(29)26-19-10-3-2-4-11-19/h2-14,17,25H,15-16H2,1H3,(H,26,29)/t17-/m1/s1. The van der Waals surface area contributed by atoms with E-state index >= 15 is 0 Å². The fraction of sp³-hybridized carbons (Fsp3) is 0.167. The van der Waals surface area contributed by atoms with Gasteiger partial charge in [0.25, 0.3) is 5.91 Å². The molecule has 146 valence electrons. The van der Waals surface area contributed by atoms with Crippen molar-refractivity contribution in [2.75, 3.05) is 22.1 Å². The Hall–Kier alpha value is -3.60. The Labute approximate surface area is 170 Å². The molecule has 0 saturated carbocycles. The SMILES string of the molecule is C[C@@H]1Cc2ccccc2N1C(=O)CNc1ccccc1C(=O)Nc1ccccc1. The molecule has 0 spiro atoms. The lowest BCUT2D eigenvalue weighted by Crippen LogP contribution is -2.39. The highest BCUT2D eigenvalue weighted by atomic mass is 16.2. The van der Waals surface area contributed by atoms with Gasteiger partial charge >= 0.3 is 0 Å². The Morgan fingerprint density at radius 2 is 1.62 bits per heavy atom. The van der Waals surface area contributed by atoms with Gasteiger partial charge in [-0.05, 0) is 49.2 Å². The van der Waals surface area contributed by atoms with Crippen molar-refractivity contribution in [1.82, 2.24) is 0 Å². The smallest absolute Gasteiger partial charge is 0.257 e. The van der Waals surface area contributed by atoms with Crippen LogP contribution >= 0.6 is 0 Å². The summed E-state index contributed by atoms with van der Waals surface area (Å²) in [5.41, 5.74) is 4.03. The Bertz CT molecular complexity index is 1030. The summed E-state index contributed by atoms with van der Waals surface area (Å²) in [5, 5.41) is 6.04. The van der Waals surface area contributed by atoms with E-state index in [-0.39, 0.29) is 24.4 Å². The van der Waals surface area contributed by atoms with Gasteiger partial charge in [0.1, 0.15) is 0 Å². The second-order valence-electron chi connectivity index (χ2n) is 7.16. The van der Waals surface area contributed by atoms with Crippen LogP contribution in [-0.2, 0) is 11.2 Å². The number of carbonyl (C=O) groups excluding carboxylic acids is 2. The zero-order valence-electron chi connectivity index (χ0n) is 16.3. The summed E-state index contributed by atoms with van der Waals surface area (Å²) in [6, 6.07) is 24.7. The number of nitrogens with zero attached hydrogens (tertiary/aromatic N) is 1. The molecular weight excluding hydrogens is 362 g/mol. The predicted molar refractivity (Wildman–Crippen MR) is 116 cm³/mol. The van der Waals surface area contributed by atoms with E-state index in [1.165, 1.54) is 5.56 Å². The van der Waals surface area contributed by atoms with E-state index in [9.17, 15) is 9.59 Å². The predicted octanol–water partition coefficient (Wildman–Crippen LogP) is 4.33. The van der Waals surface area contributed by atoms with Crippen molar-refractivity contribution < 1.29 is 9.59 Å². The summed E-state index contributed by atoms with van der Waals surface area (Å²) < 4.78 is 0. The number of rotatable bonds is 5. The fourth-order valence-electron chi connectivity index (χ4n) is 3.76. The summed E-state index contributed by atoms with van der Waals surface area (Å²) in [5.74, 6) is -0.229. The number of amides is 2. The van der Waals surface area contributed by atoms with E-state index in [0.717, 1.165) is 17.8 Å². The zero-order valence-corrected chi connectivity index (χ0v) is 16.3. The van der Waals surface area contributed by atoms with Gasteiger partial charge in [0.2, 0.25) is 5.91 Å². The van der Waals surface area contributed by atoms with Crippen LogP contribution in [0.2, 0.25) is 0 Å². The average molecular weight is 385 g/mol. The molecule has 1 aliphatic rings. The van der Waals surface area contributed by atoms with E-state index < -0.39 is 0 Å². The summed E-state index contributed by atoms with van der Waals surface area (Å²) >= 11 is 0. The topological polar surface area (TPSA) is 61.4 Å². The van der Waals surface area contributed by atoms with Gasteiger partial charge in [0, 0.05) is 23.1 Å². The first-order valence-electron chi connectivity index (χ1n) is 9.73. The molecule has 2 N–H and O–H groups in total. The highest BCUT2D eigenvalue weighted by Crippen LogP contribution is 2.31. The molecule has 1 aliphatic heterocycles. The van der Waals surface area contributed by atoms with Crippen LogP contribution in [0.4, 0.5) is 17.1 Å². The molecule has 29 heavy (non-hydrogen) atoms. The van der Waals surface area contributed by atoms with Crippen LogP contribution < -0.4 is 15.5 Å². The monoisotopic (exact) mass is 385 g/mol. The van der Waals surface area contributed by atoms with Crippen LogP contribution in [0.5, 0.6) is 0 Å². The van der Waals surface area contributed by atoms with Crippen LogP contribution in [0.25, 0.3) is 0 Å². The lowest BCUT2D eigenvalue weighted by atomic mass is 10.1. The molecule has 0 aromatic heterocycles. The van der Waals surface area contributed by atoms with Gasteiger partial charge in [-0.1, -0.05) is 48.5 Å². The Morgan fingerprint density at radius 3 is 2.45 bits per heavy atom. The maximum absolute atomic E-state index is 12.9. The van der Waals surface area contributed by atoms with Crippen molar-refractivity contribution in [3.05, 3.63) is 90.0 Å². The van der Waals surface area contributed by atoms with Gasteiger partial charge in [0.05, 0.1) is 12.1 Å². The van der Waals surface area contributed by atoms with Gasteiger partial charge in [0.15, 0.2) is 0 Å². The molecule has 5 heteroatoms. The maximum Gasteiger partial charge on any atom is 0.257 e. The molecule has 2 amide bonds. The van der Waals surface area contributed by atoms with E-state index in [1.54, 1.807) is 6.07 Å². The Kier molecular flexibility index (Phi) is 5.29. The van der Waals surface area contributed by atoms with Crippen LogP contribution in [0.3, 0.4) is 0 Å². The summed E-state index contributed by atoms with van der Waals surface area (Å²) in [4.78, 5) is 27.5. The quantitative estimate of drug-likeness (QED) is 0.687. The minimum absolute atomic E-state index is 0.0132. The van der Waals surface area contributed by atoms with Gasteiger partial charge in [-0.3, -0.25) is 9.59 Å². The molecule has 0 aliphatic carbocycles. The first-order valence-corrected chi connectivity index (χ1v) is 9.73. The van der Waals surface area contributed by atoms with Crippen molar-refractivity contribution in [2.45, 2.75) is 19.4 Å². The molecule has 0 bridgehead atoms. The largest absolute Gasteiger partial charge is 0.375 e. The Balaban J connectivity index is 1.47. The third-order valence-electron chi connectivity index (χ3n) is 5.11. The first-order chi connectivity index (χ1) is 14.1. The average Bonchev–Trinajstić information content (AvgIpc) is 3.08. The molecule has 4 rings (SSSR count). The first kappa shape index (κ1) is 18.7. The van der Waals surface area contributed by atoms with Gasteiger partial charge in [-0.15, -0.1) is 0 Å². The lowest BCUT2D eigenvalue weighted by molar-refractivity contribution is -0.117. The van der Waals surface area contributed by atoms with E-state index in [4.69, 9.17) is 0 Å². The highest BCUT2D eigenvalue weighted by molar-refractivity contribution is 6.08. The number of nitrogens with one attached hydrogen (secondary N) is 2. The lowest BCUT2D eigenvalue weighted by Gasteiger charge is -2.23. The number of hydrogen-bond donors (Lipinski definition) is 2. The van der Waals surface area contributed by atoms with Crippen LogP contribution in [0, 0.1) is 0 Å². The van der Waals surface area contributed by atoms with Crippen molar-refractivity contribution in [3.8, 4) is 0 Å². The second-order valence-corrected chi connectivity index (χ2v) is 7.16. The molecule has 3 aromatic carbocycles. The van der Waals surface area contributed by atoms with Crippen molar-refractivity contribution in [3.63, 3.8) is 0 Å². The molecule has 0 saturated heterocycles.